The molecule has 3 heterocycles. The van der Waals surface area contributed by atoms with E-state index in [1.165, 1.54) is 0 Å². The minimum absolute atomic E-state index is 0.0607. The van der Waals surface area contributed by atoms with Gasteiger partial charge in [-0.3, -0.25) is 9.20 Å². The van der Waals surface area contributed by atoms with Crippen LogP contribution in [0.15, 0.2) is 18.2 Å². The zero-order valence-electron chi connectivity index (χ0n) is 25.1. The van der Waals surface area contributed by atoms with Crippen molar-refractivity contribution in [3.8, 4) is 0 Å². The fraction of sp³-hybridized carbons (Fsp3) is 0.621. The SMILES string of the molecule is CCCOC(=O)NC(C(=O)NCCCCNc1nc2cc(N3CC(C)OC(C)C3)ccc2n2c(C)nnc12)C(C)C. The van der Waals surface area contributed by atoms with Crippen molar-refractivity contribution in [1.29, 1.82) is 0 Å². The maximum absolute atomic E-state index is 12.7. The lowest BCUT2D eigenvalue weighted by molar-refractivity contribution is -0.124. The Bertz CT molecular complexity index is 1330. The number of fused-ring (bicyclic) bond motifs is 3. The lowest BCUT2D eigenvalue weighted by Crippen LogP contribution is -2.50. The third kappa shape index (κ3) is 7.55. The van der Waals surface area contributed by atoms with Crippen LogP contribution >= 0.6 is 0 Å². The molecular formula is C29H44N8O4. The van der Waals surface area contributed by atoms with Gasteiger partial charge in [0.15, 0.2) is 5.82 Å². The summed E-state index contributed by atoms with van der Waals surface area (Å²) in [6.45, 7) is 15.0. The number of carbonyl (C=O) groups is 2. The summed E-state index contributed by atoms with van der Waals surface area (Å²) < 4.78 is 13.0. The lowest BCUT2D eigenvalue weighted by Gasteiger charge is -2.36. The third-order valence-corrected chi connectivity index (χ3v) is 7.11. The summed E-state index contributed by atoms with van der Waals surface area (Å²) in [5, 5.41) is 17.7. The van der Waals surface area contributed by atoms with E-state index in [4.69, 9.17) is 14.5 Å². The molecule has 12 nitrogen and oxygen atoms in total. The first-order valence-corrected chi connectivity index (χ1v) is 14.7. The zero-order chi connectivity index (χ0) is 29.5. The number of amides is 2. The number of rotatable bonds is 12. The van der Waals surface area contributed by atoms with Crippen LogP contribution in [0, 0.1) is 12.8 Å². The van der Waals surface area contributed by atoms with Gasteiger partial charge in [-0.15, -0.1) is 10.2 Å². The minimum Gasteiger partial charge on any atom is -0.450 e. The summed E-state index contributed by atoms with van der Waals surface area (Å²) in [7, 11) is 0. The summed E-state index contributed by atoms with van der Waals surface area (Å²) in [6.07, 6.45) is 2.07. The van der Waals surface area contributed by atoms with E-state index in [0.29, 0.717) is 31.2 Å². The van der Waals surface area contributed by atoms with Gasteiger partial charge in [0, 0.05) is 31.9 Å². The number of ether oxygens (including phenoxy) is 2. The molecule has 0 bridgehead atoms. The fourth-order valence-electron chi connectivity index (χ4n) is 5.15. The number of unbranched alkanes of at least 4 members (excludes halogenated alkanes) is 1. The standard InChI is InChI=1S/C29H44N8O4/c1-7-14-40-29(39)33-25(18(2)3)28(38)31-13-9-8-12-30-26-27-35-34-21(6)37(27)24-11-10-22(15-23(24)32-26)36-16-19(4)41-20(5)17-36/h10-11,15,18-20,25H,7-9,12-14,16-17H2,1-6H3,(H,30,32)(H,31,38)(H,33,39). The summed E-state index contributed by atoms with van der Waals surface area (Å²) >= 11 is 0. The van der Waals surface area contributed by atoms with E-state index >= 15 is 0 Å². The number of morpholine rings is 1. The first kappa shape index (κ1) is 30.3. The summed E-state index contributed by atoms with van der Waals surface area (Å²) in [5.74, 6) is 1.21. The van der Waals surface area contributed by atoms with E-state index in [9.17, 15) is 9.59 Å². The Labute approximate surface area is 241 Å². The van der Waals surface area contributed by atoms with Crippen LogP contribution in [-0.4, -0.2) is 82.6 Å². The molecule has 1 aromatic carbocycles. The van der Waals surface area contributed by atoms with Crippen LogP contribution in [0.1, 0.15) is 59.7 Å². The third-order valence-electron chi connectivity index (χ3n) is 7.11. The van der Waals surface area contributed by atoms with Crippen molar-refractivity contribution in [2.75, 3.05) is 43.0 Å². The molecule has 12 heteroatoms. The van der Waals surface area contributed by atoms with Crippen molar-refractivity contribution in [2.45, 2.75) is 79.1 Å². The number of anilines is 2. The molecule has 1 aliphatic heterocycles. The Morgan fingerprint density at radius 1 is 1.12 bits per heavy atom. The van der Waals surface area contributed by atoms with Crippen LogP contribution in [0.4, 0.5) is 16.3 Å². The molecule has 0 saturated carbocycles. The van der Waals surface area contributed by atoms with E-state index in [2.05, 4.69) is 63.1 Å². The first-order chi connectivity index (χ1) is 19.7. The molecule has 3 aromatic rings. The monoisotopic (exact) mass is 568 g/mol. The number of aryl methyl sites for hydroxylation is 1. The van der Waals surface area contributed by atoms with Crippen LogP contribution in [0.5, 0.6) is 0 Å². The van der Waals surface area contributed by atoms with Gasteiger partial charge < -0.3 is 30.3 Å². The Balaban J connectivity index is 1.36. The predicted molar refractivity (Wildman–Crippen MR) is 159 cm³/mol. The number of nitrogens with zero attached hydrogens (tertiary/aromatic N) is 5. The van der Waals surface area contributed by atoms with E-state index in [-0.39, 0.29) is 24.0 Å². The van der Waals surface area contributed by atoms with Gasteiger partial charge in [-0.25, -0.2) is 9.78 Å². The lowest BCUT2D eigenvalue weighted by atomic mass is 10.0. The molecule has 3 unspecified atom stereocenters. The van der Waals surface area contributed by atoms with Gasteiger partial charge >= 0.3 is 6.09 Å². The molecule has 2 aromatic heterocycles. The van der Waals surface area contributed by atoms with Gasteiger partial charge in [-0.1, -0.05) is 20.8 Å². The normalized spacial score (nSPS) is 18.1. The average molecular weight is 569 g/mol. The number of nitrogens with one attached hydrogen (secondary N) is 3. The zero-order valence-corrected chi connectivity index (χ0v) is 25.1. The number of hydrogen-bond donors (Lipinski definition) is 3. The van der Waals surface area contributed by atoms with Gasteiger partial charge in [-0.2, -0.15) is 0 Å². The molecule has 0 radical (unpaired) electrons. The summed E-state index contributed by atoms with van der Waals surface area (Å²) in [4.78, 5) is 31.9. The molecule has 1 fully saturated rings. The highest BCUT2D eigenvalue weighted by Crippen LogP contribution is 2.27. The molecule has 0 aliphatic carbocycles. The highest BCUT2D eigenvalue weighted by molar-refractivity contribution is 5.86. The number of aromatic nitrogens is 4. The maximum atomic E-state index is 12.7. The van der Waals surface area contributed by atoms with Crippen LogP contribution < -0.4 is 20.9 Å². The highest BCUT2D eigenvalue weighted by atomic mass is 16.5. The second-order valence-electron chi connectivity index (χ2n) is 11.1. The van der Waals surface area contributed by atoms with Crippen molar-refractivity contribution in [3.63, 3.8) is 0 Å². The molecular weight excluding hydrogens is 524 g/mol. The second kappa shape index (κ2) is 13.8. The Morgan fingerprint density at radius 2 is 1.85 bits per heavy atom. The second-order valence-corrected chi connectivity index (χ2v) is 11.1. The van der Waals surface area contributed by atoms with E-state index in [1.807, 2.05) is 32.1 Å². The van der Waals surface area contributed by atoms with Crippen LogP contribution in [0.2, 0.25) is 0 Å². The van der Waals surface area contributed by atoms with Gasteiger partial charge in [0.1, 0.15) is 11.9 Å². The minimum atomic E-state index is -0.641. The molecule has 4 rings (SSSR count). The van der Waals surface area contributed by atoms with E-state index < -0.39 is 12.1 Å². The van der Waals surface area contributed by atoms with Crippen LogP contribution in [0.25, 0.3) is 16.7 Å². The summed E-state index contributed by atoms with van der Waals surface area (Å²) in [6, 6.07) is 5.69. The van der Waals surface area contributed by atoms with E-state index in [0.717, 1.165) is 54.9 Å². The smallest absolute Gasteiger partial charge is 0.407 e. The maximum Gasteiger partial charge on any atom is 0.407 e. The summed E-state index contributed by atoms with van der Waals surface area (Å²) in [5.41, 5.74) is 3.63. The first-order valence-electron chi connectivity index (χ1n) is 14.7. The fourth-order valence-corrected chi connectivity index (χ4v) is 5.15. The molecule has 0 spiro atoms. The molecule has 224 valence electrons. The molecule has 41 heavy (non-hydrogen) atoms. The van der Waals surface area contributed by atoms with Crippen molar-refractivity contribution >= 4 is 40.2 Å². The largest absolute Gasteiger partial charge is 0.450 e. The Hall–Kier alpha value is -3.67. The van der Waals surface area contributed by atoms with Crippen LogP contribution in [-0.2, 0) is 14.3 Å². The molecule has 1 aliphatic rings. The van der Waals surface area contributed by atoms with Gasteiger partial charge in [0.25, 0.3) is 0 Å². The van der Waals surface area contributed by atoms with Crippen molar-refractivity contribution in [2.24, 2.45) is 5.92 Å². The molecule has 1 saturated heterocycles. The number of hydrogen-bond acceptors (Lipinski definition) is 9. The van der Waals surface area contributed by atoms with Crippen molar-refractivity contribution < 1.29 is 19.1 Å². The Morgan fingerprint density at radius 3 is 2.56 bits per heavy atom. The van der Waals surface area contributed by atoms with E-state index in [1.54, 1.807) is 0 Å². The quantitative estimate of drug-likeness (QED) is 0.280. The number of alkyl carbamates (subject to hydrolysis) is 1. The number of carbonyl (C=O) groups excluding carboxylic acids is 2. The predicted octanol–water partition coefficient (Wildman–Crippen LogP) is 3.67. The molecule has 3 N–H and O–H groups in total. The highest BCUT2D eigenvalue weighted by Gasteiger charge is 2.25. The van der Waals surface area contributed by atoms with Crippen LogP contribution in [0.3, 0.4) is 0 Å². The van der Waals surface area contributed by atoms with Crippen molar-refractivity contribution in [1.82, 2.24) is 30.2 Å². The average Bonchev–Trinajstić information content (AvgIpc) is 3.33. The number of benzene rings is 1. The van der Waals surface area contributed by atoms with Crippen molar-refractivity contribution in [3.05, 3.63) is 24.0 Å². The van der Waals surface area contributed by atoms with Gasteiger partial charge in [0.2, 0.25) is 11.6 Å². The van der Waals surface area contributed by atoms with Gasteiger partial charge in [-0.05, 0) is 64.2 Å². The van der Waals surface area contributed by atoms with Gasteiger partial charge in [0.05, 0.1) is 29.8 Å². The topological polar surface area (TPSA) is 135 Å². The molecule has 2 amide bonds. The Kier molecular flexibility index (Phi) is 10.2. The molecule has 3 atom stereocenters.